The van der Waals surface area contributed by atoms with Crippen LogP contribution in [-0.2, 0) is 4.79 Å². The van der Waals surface area contributed by atoms with Gasteiger partial charge in [-0.2, -0.15) is 0 Å². The fourth-order valence-electron chi connectivity index (χ4n) is 0.0417. The van der Waals surface area contributed by atoms with E-state index >= 15 is 0 Å². The van der Waals surface area contributed by atoms with Crippen molar-refractivity contribution in [3.8, 4) is 0 Å². The number of carboxylic acids is 1. The first-order valence-corrected chi connectivity index (χ1v) is 1.72. The molecular formula is C3H6FNO2. The molecule has 3 nitrogen and oxygen atoms in total. The SMILES string of the molecule is [2H]N(F)[C@@H](C)C(=O)O. The topological polar surface area (TPSA) is 49.3 Å². The van der Waals surface area contributed by atoms with Crippen LogP contribution in [0.4, 0.5) is 4.48 Å². The van der Waals surface area contributed by atoms with E-state index in [-0.39, 0.29) is 0 Å². The van der Waals surface area contributed by atoms with E-state index in [1.807, 2.05) is 0 Å². The van der Waals surface area contributed by atoms with E-state index in [9.17, 15) is 9.28 Å². The Morgan fingerprint density at radius 2 is 2.71 bits per heavy atom. The summed E-state index contributed by atoms with van der Waals surface area (Å²) in [4.78, 5) is 9.74. The van der Waals surface area contributed by atoms with Crippen LogP contribution in [0.2, 0.25) is 1.41 Å². The minimum atomic E-state index is -1.38. The lowest BCUT2D eigenvalue weighted by Crippen LogP contribution is -2.27. The maximum atomic E-state index is 11.5. The molecule has 0 heterocycles. The van der Waals surface area contributed by atoms with E-state index in [0.717, 1.165) is 6.92 Å². The summed E-state index contributed by atoms with van der Waals surface area (Å²) in [6.07, 6.45) is 0. The number of hydrogen-bond acceptors (Lipinski definition) is 2. The van der Waals surface area contributed by atoms with Crippen molar-refractivity contribution in [1.82, 2.24) is 5.53 Å². The third kappa shape index (κ3) is 2.11. The minimum absolute atomic E-state index is 0.609. The molecule has 0 aliphatic heterocycles. The molecule has 0 aliphatic carbocycles. The van der Waals surface area contributed by atoms with Crippen LogP contribution in [0.25, 0.3) is 0 Å². The molecule has 0 aromatic rings. The van der Waals surface area contributed by atoms with Gasteiger partial charge in [0.2, 0.25) is 0 Å². The van der Waals surface area contributed by atoms with Crippen molar-refractivity contribution in [3.63, 3.8) is 0 Å². The molecule has 42 valence electrons. The van der Waals surface area contributed by atoms with Gasteiger partial charge in [0, 0.05) is 0 Å². The second-order valence-electron chi connectivity index (χ2n) is 1.11. The van der Waals surface area contributed by atoms with E-state index in [1.54, 1.807) is 0 Å². The average molecular weight is 108 g/mol. The van der Waals surface area contributed by atoms with Gasteiger partial charge in [0.05, 0.1) is 0 Å². The highest BCUT2D eigenvalue weighted by Crippen LogP contribution is 1.77. The lowest BCUT2D eigenvalue weighted by atomic mass is 10.4. The van der Waals surface area contributed by atoms with Gasteiger partial charge in [0.25, 0.3) is 0 Å². The van der Waals surface area contributed by atoms with Crippen LogP contribution in [0.15, 0.2) is 0 Å². The van der Waals surface area contributed by atoms with Gasteiger partial charge >= 0.3 is 5.97 Å². The summed E-state index contributed by atoms with van der Waals surface area (Å²) in [5, 5.41) is 7.95. The number of nitrogens with one attached hydrogen (secondary N) is 1. The molecule has 0 saturated carbocycles. The first kappa shape index (κ1) is 4.52. The summed E-state index contributed by atoms with van der Waals surface area (Å²) >= 11 is 0. The van der Waals surface area contributed by atoms with Crippen molar-refractivity contribution in [2.24, 2.45) is 0 Å². The first-order chi connectivity index (χ1) is 3.55. The highest BCUT2D eigenvalue weighted by atomic mass is 19.2. The molecule has 7 heavy (non-hydrogen) atoms. The Morgan fingerprint density at radius 1 is 2.29 bits per heavy atom. The molecule has 0 bridgehead atoms. The van der Waals surface area contributed by atoms with E-state index in [0.29, 0.717) is 0 Å². The normalized spacial score (nSPS) is 16.1. The van der Waals surface area contributed by atoms with Crippen molar-refractivity contribution in [3.05, 3.63) is 0 Å². The number of halogens is 1. The summed E-state index contributed by atoms with van der Waals surface area (Å²) in [6.45, 7) is 1.08. The van der Waals surface area contributed by atoms with Gasteiger partial charge in [0.1, 0.15) is 6.04 Å². The van der Waals surface area contributed by atoms with Crippen LogP contribution < -0.4 is 5.53 Å². The molecule has 0 radical (unpaired) electrons. The Bertz CT molecular complexity index is 97.3. The zero-order valence-corrected chi connectivity index (χ0v) is 3.76. The second kappa shape index (κ2) is 2.52. The summed E-state index contributed by atoms with van der Waals surface area (Å²) in [5.74, 6) is -1.34. The third-order valence-corrected chi connectivity index (χ3v) is 0.504. The van der Waals surface area contributed by atoms with Crippen molar-refractivity contribution in [2.75, 3.05) is 0 Å². The number of carbonyl (C=O) groups is 1. The van der Waals surface area contributed by atoms with Crippen molar-refractivity contribution in [1.29, 1.82) is 0 Å². The molecular weight excluding hydrogens is 101 g/mol. The summed E-state index contributed by atoms with van der Waals surface area (Å²) in [5.41, 5.74) is -0.609. The van der Waals surface area contributed by atoms with E-state index in [2.05, 4.69) is 0 Å². The predicted octanol–water partition coefficient (Wildman–Crippen LogP) is -0.0664. The van der Waals surface area contributed by atoms with Crippen molar-refractivity contribution < 1.29 is 15.8 Å². The smallest absolute Gasteiger partial charge is 0.323 e. The van der Waals surface area contributed by atoms with Crippen LogP contribution in [0.3, 0.4) is 0 Å². The van der Waals surface area contributed by atoms with E-state index < -0.39 is 17.5 Å². The Hall–Kier alpha value is -0.640. The quantitative estimate of drug-likeness (QED) is 0.487. The van der Waals surface area contributed by atoms with Crippen LogP contribution in [0.1, 0.15) is 6.92 Å². The van der Waals surface area contributed by atoms with Crippen LogP contribution in [-0.4, -0.2) is 17.1 Å². The van der Waals surface area contributed by atoms with Gasteiger partial charge in [-0.3, -0.25) is 4.79 Å². The van der Waals surface area contributed by atoms with Crippen molar-refractivity contribution >= 4 is 5.97 Å². The molecule has 0 aromatic carbocycles. The highest BCUT2D eigenvalue weighted by Gasteiger charge is 2.07. The monoisotopic (exact) mass is 108 g/mol. The summed E-state index contributed by atoms with van der Waals surface area (Å²) in [7, 11) is 0. The van der Waals surface area contributed by atoms with Crippen LogP contribution >= 0.6 is 0 Å². The van der Waals surface area contributed by atoms with Gasteiger partial charge in [-0.25, -0.2) is 0 Å². The highest BCUT2D eigenvalue weighted by molar-refractivity contribution is 5.72. The molecule has 2 N–H and O–H groups in total. The Morgan fingerprint density at radius 3 is 2.71 bits per heavy atom. The standard InChI is InChI=1S/C3H6FNO2/c1-2(5-4)3(6)7/h2,5H,1H3,(H,6,7)/t2-/m0/s1/i/hD. The van der Waals surface area contributed by atoms with Gasteiger partial charge in [-0.1, -0.05) is 0 Å². The predicted molar refractivity (Wildman–Crippen MR) is 21.3 cm³/mol. The minimum Gasteiger partial charge on any atom is -0.480 e. The van der Waals surface area contributed by atoms with Gasteiger partial charge in [0.15, 0.2) is 1.41 Å². The zero-order valence-electron chi connectivity index (χ0n) is 4.76. The Labute approximate surface area is 41.5 Å². The lowest BCUT2D eigenvalue weighted by Gasteiger charge is -1.95. The van der Waals surface area contributed by atoms with Gasteiger partial charge in [-0.15, -0.1) is 10.0 Å². The van der Waals surface area contributed by atoms with Crippen LogP contribution in [0.5, 0.6) is 0 Å². The van der Waals surface area contributed by atoms with E-state index in [1.165, 1.54) is 0 Å². The largest absolute Gasteiger partial charge is 0.480 e. The fourth-order valence-corrected chi connectivity index (χ4v) is 0.0417. The molecule has 0 fully saturated rings. The molecule has 0 aromatic heterocycles. The molecule has 0 rings (SSSR count). The number of aliphatic carboxylic acids is 1. The Kier molecular flexibility index (Phi) is 1.63. The number of hydrogen-bond donors (Lipinski definition) is 2. The van der Waals surface area contributed by atoms with Crippen LogP contribution in [0, 0.1) is 0 Å². The fraction of sp³-hybridized carbons (Fsp3) is 0.667. The Balaban J connectivity index is 3.64. The molecule has 0 aliphatic rings. The number of carboxylic acid groups (broad SMARTS) is 1. The van der Waals surface area contributed by atoms with Gasteiger partial charge in [-0.05, 0) is 6.92 Å². The van der Waals surface area contributed by atoms with Crippen molar-refractivity contribution in [2.45, 2.75) is 13.0 Å². The molecule has 0 spiro atoms. The summed E-state index contributed by atoms with van der Waals surface area (Å²) in [6, 6.07) is -1.38. The maximum absolute atomic E-state index is 11.5. The first-order valence-electron chi connectivity index (χ1n) is 2.17. The second-order valence-corrected chi connectivity index (χ2v) is 1.11. The van der Waals surface area contributed by atoms with E-state index in [4.69, 9.17) is 6.52 Å². The van der Waals surface area contributed by atoms with Gasteiger partial charge < -0.3 is 5.11 Å². The average Bonchev–Trinajstić information content (AvgIpc) is 1.64. The molecule has 4 heteroatoms. The third-order valence-electron chi connectivity index (χ3n) is 0.504. The lowest BCUT2D eigenvalue weighted by molar-refractivity contribution is -0.140. The molecule has 0 unspecified atom stereocenters. The maximum Gasteiger partial charge on any atom is 0.323 e. The summed E-state index contributed by atoms with van der Waals surface area (Å²) < 4.78 is 17.6. The molecule has 0 saturated heterocycles. The number of rotatable bonds is 2. The molecule has 0 amide bonds. The zero-order chi connectivity index (χ0) is 6.73. The molecule has 1 atom stereocenters.